The van der Waals surface area contributed by atoms with Crippen LogP contribution in [-0.2, 0) is 4.74 Å². The van der Waals surface area contributed by atoms with Crippen molar-refractivity contribution >= 4 is 0 Å². The maximum atomic E-state index is 9.63. The molecule has 0 aromatic carbocycles. The second-order valence-corrected chi connectivity index (χ2v) is 3.96. The summed E-state index contributed by atoms with van der Waals surface area (Å²) in [6.07, 6.45) is 1.80. The normalized spacial score (nSPS) is 29.5. The number of nitriles is 1. The van der Waals surface area contributed by atoms with Gasteiger partial charge in [0, 0.05) is 13.2 Å². The Morgan fingerprint density at radius 2 is 2.50 bits per heavy atom. The molecular weight excluding hydrogens is 180 g/mol. The molecule has 0 aromatic heterocycles. The van der Waals surface area contributed by atoms with Crippen LogP contribution in [0.25, 0.3) is 0 Å². The summed E-state index contributed by atoms with van der Waals surface area (Å²) in [5.74, 6) is 0. The Morgan fingerprint density at radius 1 is 1.71 bits per heavy atom. The number of nitrogens with zero attached hydrogens (tertiary/aromatic N) is 1. The standard InChI is InChI=1S/C10H18N2O2/c1-12-6-9(13)5-10(7-11)3-2-4-14-8-10/h9,12-13H,2-6,8H2,1H3/t9-,10-/m1/s1. The van der Waals surface area contributed by atoms with E-state index < -0.39 is 11.5 Å². The second-order valence-electron chi connectivity index (χ2n) is 3.96. The maximum Gasteiger partial charge on any atom is 0.0832 e. The number of rotatable bonds is 4. The Morgan fingerprint density at radius 3 is 3.00 bits per heavy atom. The van der Waals surface area contributed by atoms with Crippen LogP contribution in [0.15, 0.2) is 0 Å². The summed E-state index contributed by atoms with van der Waals surface area (Å²) in [6, 6.07) is 2.29. The van der Waals surface area contributed by atoms with E-state index in [0.717, 1.165) is 19.4 Å². The first-order valence-corrected chi connectivity index (χ1v) is 5.04. The molecule has 2 N–H and O–H groups in total. The molecule has 0 radical (unpaired) electrons. The van der Waals surface area contributed by atoms with E-state index in [1.807, 2.05) is 0 Å². The molecular formula is C10H18N2O2. The van der Waals surface area contributed by atoms with Gasteiger partial charge in [0.15, 0.2) is 0 Å². The van der Waals surface area contributed by atoms with Gasteiger partial charge in [-0.1, -0.05) is 0 Å². The summed E-state index contributed by atoms with van der Waals surface area (Å²) in [7, 11) is 1.79. The number of aliphatic hydroxyl groups is 1. The van der Waals surface area contributed by atoms with Crippen LogP contribution < -0.4 is 5.32 Å². The third kappa shape index (κ3) is 2.95. The summed E-state index contributed by atoms with van der Waals surface area (Å²) in [5, 5.41) is 21.6. The number of nitrogens with one attached hydrogen (secondary N) is 1. The van der Waals surface area contributed by atoms with Crippen LogP contribution in [0.3, 0.4) is 0 Å². The van der Waals surface area contributed by atoms with Crippen molar-refractivity contribution in [3.63, 3.8) is 0 Å². The van der Waals surface area contributed by atoms with E-state index in [4.69, 9.17) is 10.00 Å². The van der Waals surface area contributed by atoms with E-state index in [0.29, 0.717) is 19.6 Å². The molecule has 1 aliphatic rings. The predicted octanol–water partition coefficient (Wildman–Crippen LogP) is 0.277. The molecule has 14 heavy (non-hydrogen) atoms. The summed E-state index contributed by atoms with van der Waals surface area (Å²) in [5.41, 5.74) is -0.464. The second kappa shape index (κ2) is 5.30. The molecule has 1 saturated heterocycles. The van der Waals surface area contributed by atoms with Crippen LogP contribution in [0.1, 0.15) is 19.3 Å². The zero-order valence-corrected chi connectivity index (χ0v) is 8.62. The molecule has 2 atom stereocenters. The largest absolute Gasteiger partial charge is 0.392 e. The zero-order chi connectivity index (χ0) is 10.4. The fraction of sp³-hybridized carbons (Fsp3) is 0.900. The molecule has 1 fully saturated rings. The minimum atomic E-state index is -0.464. The topological polar surface area (TPSA) is 65.3 Å². The smallest absolute Gasteiger partial charge is 0.0832 e. The van der Waals surface area contributed by atoms with Gasteiger partial charge in [-0.2, -0.15) is 5.26 Å². The molecule has 0 aliphatic carbocycles. The van der Waals surface area contributed by atoms with E-state index in [2.05, 4.69) is 11.4 Å². The Kier molecular flexibility index (Phi) is 4.33. The molecule has 80 valence electrons. The van der Waals surface area contributed by atoms with Crippen LogP contribution in [0.4, 0.5) is 0 Å². The molecule has 1 aliphatic heterocycles. The lowest BCUT2D eigenvalue weighted by Gasteiger charge is -2.32. The lowest BCUT2D eigenvalue weighted by atomic mass is 9.79. The highest BCUT2D eigenvalue weighted by Crippen LogP contribution is 2.32. The molecule has 4 nitrogen and oxygen atoms in total. The van der Waals surface area contributed by atoms with Crippen molar-refractivity contribution in [2.24, 2.45) is 5.41 Å². The van der Waals surface area contributed by atoms with Crippen molar-refractivity contribution in [1.29, 1.82) is 5.26 Å². The fourth-order valence-electron chi connectivity index (χ4n) is 1.91. The van der Waals surface area contributed by atoms with Crippen molar-refractivity contribution in [2.75, 3.05) is 26.8 Å². The summed E-state index contributed by atoms with van der Waals surface area (Å²) in [4.78, 5) is 0. The number of hydrogen-bond donors (Lipinski definition) is 2. The number of likely N-dealkylation sites (N-methyl/N-ethyl adjacent to an activating group) is 1. The van der Waals surface area contributed by atoms with Crippen molar-refractivity contribution in [3.05, 3.63) is 0 Å². The molecule has 1 rings (SSSR count). The first-order chi connectivity index (χ1) is 6.72. The van der Waals surface area contributed by atoms with Crippen molar-refractivity contribution in [1.82, 2.24) is 5.32 Å². The molecule has 0 aromatic rings. The van der Waals surface area contributed by atoms with Crippen LogP contribution in [0.5, 0.6) is 0 Å². The van der Waals surface area contributed by atoms with Gasteiger partial charge in [0.25, 0.3) is 0 Å². The zero-order valence-electron chi connectivity index (χ0n) is 8.62. The van der Waals surface area contributed by atoms with Crippen LogP contribution in [0, 0.1) is 16.7 Å². The molecule has 0 spiro atoms. The van der Waals surface area contributed by atoms with Gasteiger partial charge in [0.05, 0.1) is 24.2 Å². The third-order valence-electron chi connectivity index (χ3n) is 2.63. The van der Waals surface area contributed by atoms with E-state index in [-0.39, 0.29) is 0 Å². The average Bonchev–Trinajstić information content (AvgIpc) is 2.19. The molecule has 0 saturated carbocycles. The quantitative estimate of drug-likeness (QED) is 0.681. The highest BCUT2D eigenvalue weighted by Gasteiger charge is 2.34. The maximum absolute atomic E-state index is 9.63. The Bertz CT molecular complexity index is 207. The lowest BCUT2D eigenvalue weighted by molar-refractivity contribution is -0.00443. The third-order valence-corrected chi connectivity index (χ3v) is 2.63. The van der Waals surface area contributed by atoms with E-state index >= 15 is 0 Å². The summed E-state index contributed by atoms with van der Waals surface area (Å²) < 4.78 is 5.30. The minimum Gasteiger partial charge on any atom is -0.392 e. The van der Waals surface area contributed by atoms with E-state index in [1.165, 1.54) is 0 Å². The molecule has 0 bridgehead atoms. The summed E-state index contributed by atoms with van der Waals surface area (Å²) in [6.45, 7) is 1.74. The molecule has 0 amide bonds. The predicted molar refractivity (Wildman–Crippen MR) is 52.6 cm³/mol. The van der Waals surface area contributed by atoms with Crippen molar-refractivity contribution < 1.29 is 9.84 Å². The minimum absolute atomic E-state index is 0.457. The van der Waals surface area contributed by atoms with E-state index in [9.17, 15) is 5.11 Å². The average molecular weight is 198 g/mol. The van der Waals surface area contributed by atoms with Gasteiger partial charge in [0.1, 0.15) is 0 Å². The molecule has 0 unspecified atom stereocenters. The van der Waals surface area contributed by atoms with Gasteiger partial charge in [-0.25, -0.2) is 0 Å². The lowest BCUT2D eigenvalue weighted by Crippen LogP contribution is -2.37. The van der Waals surface area contributed by atoms with E-state index in [1.54, 1.807) is 7.05 Å². The molecule has 4 heteroatoms. The van der Waals surface area contributed by atoms with Gasteiger partial charge in [0.2, 0.25) is 0 Å². The number of hydrogen-bond acceptors (Lipinski definition) is 4. The van der Waals surface area contributed by atoms with Gasteiger partial charge in [-0.15, -0.1) is 0 Å². The number of aliphatic hydroxyl groups excluding tert-OH is 1. The van der Waals surface area contributed by atoms with Crippen LogP contribution in [0.2, 0.25) is 0 Å². The fourth-order valence-corrected chi connectivity index (χ4v) is 1.91. The first-order valence-electron chi connectivity index (χ1n) is 5.04. The van der Waals surface area contributed by atoms with Crippen LogP contribution in [-0.4, -0.2) is 38.0 Å². The Balaban J connectivity index is 2.48. The SMILES string of the molecule is CNC[C@H](O)C[C@@]1(C#N)CCCOC1. The highest BCUT2D eigenvalue weighted by molar-refractivity contribution is 5.01. The van der Waals surface area contributed by atoms with Gasteiger partial charge in [-0.3, -0.25) is 0 Å². The van der Waals surface area contributed by atoms with Crippen molar-refractivity contribution in [3.8, 4) is 6.07 Å². The monoisotopic (exact) mass is 198 g/mol. The van der Waals surface area contributed by atoms with Gasteiger partial charge in [-0.05, 0) is 26.3 Å². The van der Waals surface area contributed by atoms with Crippen molar-refractivity contribution in [2.45, 2.75) is 25.4 Å². The Labute approximate surface area is 84.9 Å². The first kappa shape index (κ1) is 11.4. The summed E-state index contributed by atoms with van der Waals surface area (Å²) >= 11 is 0. The molecule has 1 heterocycles. The highest BCUT2D eigenvalue weighted by atomic mass is 16.5. The Hall–Kier alpha value is -0.630. The number of ether oxygens (including phenoxy) is 1. The van der Waals surface area contributed by atoms with Gasteiger partial charge < -0.3 is 15.2 Å². The van der Waals surface area contributed by atoms with Gasteiger partial charge >= 0.3 is 0 Å². The van der Waals surface area contributed by atoms with Crippen LogP contribution >= 0.6 is 0 Å².